The summed E-state index contributed by atoms with van der Waals surface area (Å²) in [5.41, 5.74) is 8.39. The predicted molar refractivity (Wildman–Crippen MR) is 210 cm³/mol. The summed E-state index contributed by atoms with van der Waals surface area (Å²) in [4.78, 5) is 11.5. The summed E-state index contributed by atoms with van der Waals surface area (Å²) >= 11 is 0. The van der Waals surface area contributed by atoms with Crippen LogP contribution in [0.25, 0.3) is 38.7 Å². The van der Waals surface area contributed by atoms with Gasteiger partial charge in [-0.15, -0.1) is 0 Å². The molecule has 6 heteroatoms. The third-order valence-corrected chi connectivity index (χ3v) is 10.6. The summed E-state index contributed by atoms with van der Waals surface area (Å²) in [5, 5.41) is 14.3. The zero-order valence-corrected chi connectivity index (χ0v) is 29.8. The molecule has 6 aromatic carbocycles. The fraction of sp³-hybridized carbons (Fsp3) is 0.213. The molecule has 2 aliphatic carbocycles. The van der Waals surface area contributed by atoms with Crippen LogP contribution in [0.1, 0.15) is 41.2 Å². The van der Waals surface area contributed by atoms with E-state index < -0.39 is 11.7 Å². The molecule has 6 nitrogen and oxygen atoms in total. The lowest BCUT2D eigenvalue weighted by molar-refractivity contribution is -0.143. The Morgan fingerprint density at radius 2 is 1.55 bits per heavy atom. The van der Waals surface area contributed by atoms with Gasteiger partial charge in [-0.05, 0) is 109 Å². The summed E-state index contributed by atoms with van der Waals surface area (Å²) in [6.45, 7) is 6.43. The van der Waals surface area contributed by atoms with Crippen molar-refractivity contribution in [3.8, 4) is 22.6 Å². The number of allylic oxidation sites excluding steroid dienone is 1. The molecule has 3 atom stereocenters. The molecule has 3 unspecified atom stereocenters. The van der Waals surface area contributed by atoms with Crippen molar-refractivity contribution in [2.75, 3.05) is 26.4 Å². The van der Waals surface area contributed by atoms with E-state index in [4.69, 9.17) is 18.9 Å². The van der Waals surface area contributed by atoms with Crippen LogP contribution in [0.4, 0.5) is 0 Å². The van der Waals surface area contributed by atoms with Crippen molar-refractivity contribution in [2.24, 2.45) is 5.92 Å². The van der Waals surface area contributed by atoms with Gasteiger partial charge in [0.15, 0.2) is 6.29 Å². The van der Waals surface area contributed by atoms with E-state index in [1.807, 2.05) is 12.1 Å². The number of benzene rings is 6. The SMILES string of the molecule is C=CC(O)OCCOc1ccc2c(c1)C=CC(C1(c3ccc4cc(OCCOC(=O)CC)ccc4c3)c3ccccc3-c3c1ccc1ccccc31)C2. The first-order chi connectivity index (χ1) is 26.0. The topological polar surface area (TPSA) is 74.2 Å². The van der Waals surface area contributed by atoms with Gasteiger partial charge in [-0.25, -0.2) is 0 Å². The van der Waals surface area contributed by atoms with Gasteiger partial charge in [-0.3, -0.25) is 4.79 Å². The molecule has 2 aliphatic rings. The summed E-state index contributed by atoms with van der Waals surface area (Å²) in [6.07, 6.45) is 6.18. The Hall–Kier alpha value is -5.69. The maximum Gasteiger partial charge on any atom is 0.305 e. The van der Waals surface area contributed by atoms with Crippen molar-refractivity contribution in [1.82, 2.24) is 0 Å². The van der Waals surface area contributed by atoms with Crippen molar-refractivity contribution in [2.45, 2.75) is 31.5 Å². The van der Waals surface area contributed by atoms with Gasteiger partial charge >= 0.3 is 5.97 Å². The highest BCUT2D eigenvalue weighted by atomic mass is 16.6. The second-order valence-corrected chi connectivity index (χ2v) is 13.6. The number of esters is 1. The lowest BCUT2D eigenvalue weighted by Crippen LogP contribution is -2.37. The number of aliphatic hydroxyl groups excluding tert-OH is 1. The number of aliphatic hydroxyl groups is 1. The highest BCUT2D eigenvalue weighted by Gasteiger charge is 2.50. The van der Waals surface area contributed by atoms with E-state index in [0.29, 0.717) is 19.6 Å². The predicted octanol–water partition coefficient (Wildman–Crippen LogP) is 9.43. The first-order valence-corrected chi connectivity index (χ1v) is 18.3. The molecule has 266 valence electrons. The molecule has 0 fully saturated rings. The van der Waals surface area contributed by atoms with E-state index in [1.54, 1.807) is 6.92 Å². The van der Waals surface area contributed by atoms with Crippen LogP contribution in [0.15, 0.2) is 134 Å². The van der Waals surface area contributed by atoms with Gasteiger partial charge in [0.1, 0.15) is 31.3 Å². The van der Waals surface area contributed by atoms with Crippen LogP contribution < -0.4 is 9.47 Å². The maximum absolute atomic E-state index is 11.5. The Morgan fingerprint density at radius 1 is 0.811 bits per heavy atom. The van der Waals surface area contributed by atoms with Gasteiger partial charge in [0.2, 0.25) is 0 Å². The standard InChI is InChI=1S/C47H42O6/c1-3-44(48)52-25-23-50-38-20-15-32-27-36(18-13-34(32)29-38)47(37-19-14-35-30-39(21-16-33(35)28-37)51-24-26-53-45(49)4-2)42-12-8-7-11-41(42)46-40-10-6-5-9-31(40)17-22-43(46)47/h3,5-22,28-30,36,44,48H,1,4,23-27H2,2H3. The third kappa shape index (κ3) is 6.39. The molecule has 0 amide bonds. The van der Waals surface area contributed by atoms with Crippen molar-refractivity contribution < 1.29 is 28.8 Å². The molecule has 8 rings (SSSR count). The molecule has 0 saturated carbocycles. The highest BCUT2D eigenvalue weighted by Crippen LogP contribution is 2.59. The minimum absolute atomic E-state index is 0.116. The second-order valence-electron chi connectivity index (χ2n) is 13.6. The molecular formula is C47H42O6. The van der Waals surface area contributed by atoms with Crippen molar-refractivity contribution in [3.63, 3.8) is 0 Å². The van der Waals surface area contributed by atoms with Crippen LogP contribution in [0, 0.1) is 5.92 Å². The number of carbonyl (C=O) groups is 1. The second kappa shape index (κ2) is 14.7. The maximum atomic E-state index is 11.5. The van der Waals surface area contributed by atoms with Crippen LogP contribution in [0.2, 0.25) is 0 Å². The molecule has 0 bridgehead atoms. The molecule has 6 aromatic rings. The van der Waals surface area contributed by atoms with Gasteiger partial charge in [-0.1, -0.05) is 111 Å². The van der Waals surface area contributed by atoms with E-state index in [2.05, 4.69) is 122 Å². The molecule has 0 heterocycles. The van der Waals surface area contributed by atoms with Crippen molar-refractivity contribution >= 4 is 33.6 Å². The van der Waals surface area contributed by atoms with Crippen LogP contribution in [-0.4, -0.2) is 43.8 Å². The number of fused-ring (bicyclic) bond motifs is 7. The Kier molecular flexibility index (Phi) is 9.57. The smallest absolute Gasteiger partial charge is 0.305 e. The lowest BCUT2D eigenvalue weighted by atomic mass is 9.61. The molecular weight excluding hydrogens is 661 g/mol. The van der Waals surface area contributed by atoms with Crippen LogP contribution in [0.3, 0.4) is 0 Å². The number of hydrogen-bond donors (Lipinski definition) is 1. The molecule has 0 radical (unpaired) electrons. The number of carbonyl (C=O) groups excluding carboxylic acids is 1. The molecule has 0 aromatic heterocycles. The average Bonchev–Trinajstić information content (AvgIpc) is 3.52. The van der Waals surface area contributed by atoms with Crippen molar-refractivity contribution in [1.29, 1.82) is 0 Å². The van der Waals surface area contributed by atoms with Gasteiger partial charge in [0, 0.05) is 6.42 Å². The molecule has 53 heavy (non-hydrogen) atoms. The van der Waals surface area contributed by atoms with Crippen molar-refractivity contribution in [3.05, 3.63) is 162 Å². The molecule has 0 saturated heterocycles. The van der Waals surface area contributed by atoms with E-state index >= 15 is 0 Å². The van der Waals surface area contributed by atoms with Gasteiger partial charge in [-0.2, -0.15) is 0 Å². The number of ether oxygens (including phenoxy) is 4. The fourth-order valence-corrected chi connectivity index (χ4v) is 8.20. The Bertz CT molecular complexity index is 2360. The van der Waals surface area contributed by atoms with Gasteiger partial charge < -0.3 is 24.1 Å². The minimum atomic E-state index is -0.998. The van der Waals surface area contributed by atoms with E-state index in [9.17, 15) is 9.90 Å². The normalized spacial score (nSPS) is 17.5. The summed E-state index contributed by atoms with van der Waals surface area (Å²) < 4.78 is 22.4. The molecule has 0 spiro atoms. The van der Waals surface area contributed by atoms with Gasteiger partial charge in [0.25, 0.3) is 0 Å². The largest absolute Gasteiger partial charge is 0.491 e. The number of rotatable bonds is 13. The molecule has 1 N–H and O–H groups in total. The van der Waals surface area contributed by atoms with E-state index in [-0.39, 0.29) is 25.1 Å². The number of hydrogen-bond acceptors (Lipinski definition) is 6. The first kappa shape index (κ1) is 34.4. The highest BCUT2D eigenvalue weighted by molar-refractivity contribution is 6.03. The summed E-state index contributed by atoms with van der Waals surface area (Å²) in [6, 6.07) is 41.6. The van der Waals surface area contributed by atoms with E-state index in [1.165, 1.54) is 50.2 Å². The quantitative estimate of drug-likeness (QED) is 0.0560. The first-order valence-electron chi connectivity index (χ1n) is 18.3. The Morgan fingerprint density at radius 3 is 2.42 bits per heavy atom. The monoisotopic (exact) mass is 702 g/mol. The average molecular weight is 703 g/mol. The summed E-state index contributed by atoms with van der Waals surface area (Å²) in [5.74, 6) is 1.40. The zero-order chi connectivity index (χ0) is 36.4. The third-order valence-electron chi connectivity index (χ3n) is 10.6. The Balaban J connectivity index is 1.19. The van der Waals surface area contributed by atoms with Crippen LogP contribution >= 0.6 is 0 Å². The Labute approximate surface area is 309 Å². The van der Waals surface area contributed by atoms with Gasteiger partial charge in [0.05, 0.1) is 12.0 Å². The zero-order valence-electron chi connectivity index (χ0n) is 29.8. The molecule has 0 aliphatic heterocycles. The van der Waals surface area contributed by atoms with Crippen LogP contribution in [0.5, 0.6) is 11.5 Å². The fourth-order valence-electron chi connectivity index (χ4n) is 8.20. The van der Waals surface area contributed by atoms with Crippen LogP contribution in [-0.2, 0) is 26.1 Å². The minimum Gasteiger partial charge on any atom is -0.491 e. The lowest BCUT2D eigenvalue weighted by Gasteiger charge is -2.41. The van der Waals surface area contributed by atoms with E-state index in [0.717, 1.165) is 34.3 Å². The summed E-state index contributed by atoms with van der Waals surface area (Å²) in [7, 11) is 0.